The lowest BCUT2D eigenvalue weighted by Crippen LogP contribution is -2.46. The number of nitrogens with one attached hydrogen (secondary N) is 1. The van der Waals surface area contributed by atoms with E-state index < -0.39 is 11.5 Å². The molecule has 0 atom stereocenters. The third kappa shape index (κ3) is 2.54. The molecule has 1 aromatic heterocycles. The molecule has 0 bridgehead atoms. The third-order valence-electron chi connectivity index (χ3n) is 2.49. The number of nitrogens with zero attached hydrogens (tertiary/aromatic N) is 2. The number of rotatable bonds is 4. The number of aromatic nitrogens is 2. The molecule has 1 rings (SSSR count). The van der Waals surface area contributed by atoms with E-state index in [1.165, 1.54) is 0 Å². The maximum atomic E-state index is 10.9. The van der Waals surface area contributed by atoms with Crippen molar-refractivity contribution in [2.45, 2.75) is 32.9 Å². The molecule has 90 valence electrons. The molecule has 0 saturated carbocycles. The fourth-order valence-corrected chi connectivity index (χ4v) is 1.48. The van der Waals surface area contributed by atoms with Crippen LogP contribution in [0.5, 0.6) is 0 Å². The smallest absolute Gasteiger partial charge is 0.323 e. The Labute approximate surface area is 99.4 Å². The van der Waals surface area contributed by atoms with Crippen LogP contribution >= 0.6 is 11.6 Å². The molecule has 1 aromatic rings. The van der Waals surface area contributed by atoms with Crippen LogP contribution < -0.4 is 5.32 Å². The Hall–Kier alpha value is -1.07. The highest BCUT2D eigenvalue weighted by molar-refractivity contribution is 6.31. The average Bonchev–Trinajstić information content (AvgIpc) is 2.39. The van der Waals surface area contributed by atoms with Gasteiger partial charge in [-0.25, -0.2) is 0 Å². The minimum Gasteiger partial charge on any atom is -0.480 e. The van der Waals surface area contributed by atoms with Crippen molar-refractivity contribution in [3.05, 3.63) is 16.4 Å². The normalized spacial score (nSPS) is 11.8. The SMILES string of the molecule is Cc1nn(C)c(CNC(C)(C)C(=O)O)c1Cl. The van der Waals surface area contributed by atoms with Crippen LogP contribution in [0.4, 0.5) is 0 Å². The van der Waals surface area contributed by atoms with Crippen LogP contribution in [-0.2, 0) is 18.4 Å². The lowest BCUT2D eigenvalue weighted by Gasteiger charge is -2.21. The fraction of sp³-hybridized carbons (Fsp3) is 0.600. The second kappa shape index (κ2) is 4.43. The average molecular weight is 246 g/mol. The maximum Gasteiger partial charge on any atom is 0.323 e. The highest BCUT2D eigenvalue weighted by Crippen LogP contribution is 2.19. The highest BCUT2D eigenvalue weighted by Gasteiger charge is 2.27. The van der Waals surface area contributed by atoms with Gasteiger partial charge in [-0.1, -0.05) is 11.6 Å². The molecule has 0 amide bonds. The number of hydrogen-bond acceptors (Lipinski definition) is 3. The molecule has 2 N–H and O–H groups in total. The molecular formula is C10H16ClN3O2. The highest BCUT2D eigenvalue weighted by atomic mass is 35.5. The Kier molecular flexibility index (Phi) is 3.60. The van der Waals surface area contributed by atoms with Gasteiger partial charge in [-0.2, -0.15) is 5.10 Å². The summed E-state index contributed by atoms with van der Waals surface area (Å²) in [4.78, 5) is 10.9. The van der Waals surface area contributed by atoms with Crippen molar-refractivity contribution in [2.24, 2.45) is 7.05 Å². The number of carboxylic acid groups (broad SMARTS) is 1. The Morgan fingerprint density at radius 1 is 1.62 bits per heavy atom. The molecule has 0 unspecified atom stereocenters. The molecule has 6 heteroatoms. The van der Waals surface area contributed by atoms with Crippen molar-refractivity contribution in [2.75, 3.05) is 0 Å². The summed E-state index contributed by atoms with van der Waals surface area (Å²) < 4.78 is 1.66. The van der Waals surface area contributed by atoms with E-state index in [-0.39, 0.29) is 0 Å². The molecule has 0 aliphatic rings. The number of hydrogen-bond donors (Lipinski definition) is 2. The predicted octanol–water partition coefficient (Wildman–Crippen LogP) is 1.33. The number of carbonyl (C=O) groups is 1. The number of carboxylic acids is 1. The van der Waals surface area contributed by atoms with Crippen LogP contribution in [0.3, 0.4) is 0 Å². The van der Waals surface area contributed by atoms with Crippen molar-refractivity contribution in [3.8, 4) is 0 Å². The summed E-state index contributed by atoms with van der Waals surface area (Å²) in [7, 11) is 1.78. The molecular weight excluding hydrogens is 230 g/mol. The Balaban J connectivity index is 2.79. The van der Waals surface area contributed by atoms with Gasteiger partial charge in [-0.05, 0) is 20.8 Å². The molecule has 0 saturated heterocycles. The van der Waals surface area contributed by atoms with E-state index in [2.05, 4.69) is 10.4 Å². The topological polar surface area (TPSA) is 67.2 Å². The Bertz CT molecular complexity index is 412. The molecule has 1 heterocycles. The first-order chi connectivity index (χ1) is 7.25. The first-order valence-corrected chi connectivity index (χ1v) is 5.30. The standard InChI is InChI=1S/C10H16ClN3O2/c1-6-8(11)7(14(4)13-6)5-12-10(2,3)9(15)16/h12H,5H2,1-4H3,(H,15,16). The van der Waals surface area contributed by atoms with Gasteiger partial charge in [0.15, 0.2) is 0 Å². The van der Waals surface area contributed by atoms with Crippen LogP contribution in [0.1, 0.15) is 25.2 Å². The van der Waals surface area contributed by atoms with Crippen LogP contribution in [0.25, 0.3) is 0 Å². The van der Waals surface area contributed by atoms with E-state index in [0.717, 1.165) is 11.4 Å². The third-order valence-corrected chi connectivity index (χ3v) is 2.99. The summed E-state index contributed by atoms with van der Waals surface area (Å²) in [5.74, 6) is -0.900. The molecule has 0 aliphatic carbocycles. The summed E-state index contributed by atoms with van der Waals surface area (Å²) in [6.07, 6.45) is 0. The van der Waals surface area contributed by atoms with E-state index >= 15 is 0 Å². The Morgan fingerprint density at radius 3 is 2.56 bits per heavy atom. The zero-order valence-corrected chi connectivity index (χ0v) is 10.6. The lowest BCUT2D eigenvalue weighted by molar-refractivity contribution is -0.143. The minimum atomic E-state index is -0.985. The Morgan fingerprint density at radius 2 is 2.19 bits per heavy atom. The summed E-state index contributed by atoms with van der Waals surface area (Å²) in [5, 5.41) is 16.6. The maximum absolute atomic E-state index is 10.9. The largest absolute Gasteiger partial charge is 0.480 e. The van der Waals surface area contributed by atoms with Gasteiger partial charge >= 0.3 is 5.97 Å². The minimum absolute atomic E-state index is 0.371. The summed E-state index contributed by atoms with van der Waals surface area (Å²) in [6.45, 7) is 5.39. The van der Waals surface area contributed by atoms with E-state index in [4.69, 9.17) is 16.7 Å². The predicted molar refractivity (Wildman–Crippen MR) is 61.5 cm³/mol. The molecule has 0 fully saturated rings. The zero-order valence-electron chi connectivity index (χ0n) is 9.83. The van der Waals surface area contributed by atoms with Gasteiger partial charge in [0.1, 0.15) is 5.54 Å². The van der Waals surface area contributed by atoms with Crippen molar-refractivity contribution in [1.29, 1.82) is 0 Å². The monoisotopic (exact) mass is 245 g/mol. The van der Waals surface area contributed by atoms with E-state index in [0.29, 0.717) is 11.6 Å². The quantitative estimate of drug-likeness (QED) is 0.840. The summed E-state index contributed by atoms with van der Waals surface area (Å²) in [6, 6.07) is 0. The molecule has 0 aliphatic heterocycles. The molecule has 16 heavy (non-hydrogen) atoms. The van der Waals surface area contributed by atoms with E-state index in [1.54, 1.807) is 25.6 Å². The van der Waals surface area contributed by atoms with Crippen LogP contribution in [0.15, 0.2) is 0 Å². The lowest BCUT2D eigenvalue weighted by atomic mass is 10.1. The van der Waals surface area contributed by atoms with Crippen molar-refractivity contribution in [1.82, 2.24) is 15.1 Å². The van der Waals surface area contributed by atoms with Crippen molar-refractivity contribution < 1.29 is 9.90 Å². The van der Waals surface area contributed by atoms with Crippen molar-refractivity contribution >= 4 is 17.6 Å². The van der Waals surface area contributed by atoms with Crippen LogP contribution in [-0.4, -0.2) is 26.4 Å². The fourth-order valence-electron chi connectivity index (χ4n) is 1.25. The number of aryl methyl sites for hydroxylation is 2. The molecule has 5 nitrogen and oxygen atoms in total. The van der Waals surface area contributed by atoms with Gasteiger partial charge in [0, 0.05) is 13.6 Å². The second-order valence-corrected chi connectivity index (χ2v) is 4.63. The first kappa shape index (κ1) is 13.0. The van der Waals surface area contributed by atoms with Gasteiger partial charge < -0.3 is 5.11 Å². The van der Waals surface area contributed by atoms with E-state index in [9.17, 15) is 4.79 Å². The van der Waals surface area contributed by atoms with E-state index in [1.807, 2.05) is 6.92 Å². The van der Waals surface area contributed by atoms with Crippen LogP contribution in [0, 0.1) is 6.92 Å². The second-order valence-electron chi connectivity index (χ2n) is 4.25. The summed E-state index contributed by atoms with van der Waals surface area (Å²) in [5.41, 5.74) is 0.546. The zero-order chi connectivity index (χ0) is 12.5. The number of halogens is 1. The molecule has 0 aromatic carbocycles. The van der Waals surface area contributed by atoms with Gasteiger partial charge in [0.25, 0.3) is 0 Å². The van der Waals surface area contributed by atoms with Crippen LogP contribution in [0.2, 0.25) is 5.02 Å². The number of aliphatic carboxylic acids is 1. The van der Waals surface area contributed by atoms with Gasteiger partial charge in [-0.3, -0.25) is 14.8 Å². The molecule has 0 spiro atoms. The summed E-state index contributed by atoms with van der Waals surface area (Å²) >= 11 is 6.05. The van der Waals surface area contributed by atoms with Crippen molar-refractivity contribution in [3.63, 3.8) is 0 Å². The van der Waals surface area contributed by atoms with Gasteiger partial charge in [0.05, 0.1) is 16.4 Å². The van der Waals surface area contributed by atoms with Gasteiger partial charge in [-0.15, -0.1) is 0 Å². The first-order valence-electron chi connectivity index (χ1n) is 4.92. The van der Waals surface area contributed by atoms with Gasteiger partial charge in [0.2, 0.25) is 0 Å². The molecule has 0 radical (unpaired) electrons.